The zero-order valence-corrected chi connectivity index (χ0v) is 16.1. The molecular weight excluding hydrogens is 356 g/mol. The van der Waals surface area contributed by atoms with E-state index in [0.717, 1.165) is 13.1 Å². The van der Waals surface area contributed by atoms with E-state index in [0.29, 0.717) is 31.1 Å². The van der Waals surface area contributed by atoms with Gasteiger partial charge < -0.3 is 14.8 Å². The number of carbonyl (C=O) groups excluding carboxylic acids is 2. The Balaban J connectivity index is 1.53. The van der Waals surface area contributed by atoms with Crippen LogP contribution in [-0.2, 0) is 9.53 Å². The minimum atomic E-state index is -0.176. The molecule has 2 aromatic rings. The molecule has 148 valence electrons. The predicted molar refractivity (Wildman–Crippen MR) is 107 cm³/mol. The van der Waals surface area contributed by atoms with Gasteiger partial charge in [0.15, 0.2) is 12.4 Å². The van der Waals surface area contributed by atoms with Gasteiger partial charge in [0, 0.05) is 25.2 Å². The topological polar surface area (TPSA) is 67.9 Å². The molecular formula is C22H26N2O4. The first-order valence-electron chi connectivity index (χ1n) is 9.51. The third-order valence-electron chi connectivity index (χ3n) is 4.79. The number of morpholine rings is 1. The number of benzene rings is 2. The molecule has 1 aliphatic rings. The number of Topliss-reactive ketones (excluding diaryl/α,β-unsaturated/α-hetero) is 1. The molecule has 0 spiro atoms. The minimum Gasteiger partial charge on any atom is -0.484 e. The molecule has 3 rings (SSSR count). The monoisotopic (exact) mass is 382 g/mol. The van der Waals surface area contributed by atoms with Crippen LogP contribution in [0.4, 0.5) is 0 Å². The van der Waals surface area contributed by atoms with Crippen LogP contribution in [0.2, 0.25) is 0 Å². The number of rotatable bonds is 8. The Bertz CT molecular complexity index is 771. The van der Waals surface area contributed by atoms with E-state index in [4.69, 9.17) is 9.47 Å². The summed E-state index contributed by atoms with van der Waals surface area (Å²) in [6.45, 7) is 5.05. The van der Waals surface area contributed by atoms with Crippen molar-refractivity contribution in [2.24, 2.45) is 0 Å². The third kappa shape index (κ3) is 5.65. The van der Waals surface area contributed by atoms with Crippen LogP contribution < -0.4 is 10.1 Å². The van der Waals surface area contributed by atoms with Gasteiger partial charge in [-0.2, -0.15) is 0 Å². The first kappa shape index (κ1) is 20.0. The molecule has 6 heteroatoms. The van der Waals surface area contributed by atoms with E-state index in [9.17, 15) is 9.59 Å². The van der Waals surface area contributed by atoms with Crippen LogP contribution >= 0.6 is 0 Å². The standard InChI is InChI=1S/C22H26N2O4/c1-17(25)18-7-9-20(10-8-18)28-16-22(26)23-15-21(19-5-3-2-4-6-19)24-11-13-27-14-12-24/h2-10,21H,11-16H2,1H3,(H,23,26). The first-order valence-corrected chi connectivity index (χ1v) is 9.51. The molecule has 0 saturated carbocycles. The molecule has 0 aromatic heterocycles. The van der Waals surface area contributed by atoms with E-state index >= 15 is 0 Å². The maximum Gasteiger partial charge on any atom is 0.258 e. The van der Waals surface area contributed by atoms with Crippen molar-refractivity contribution in [3.05, 3.63) is 65.7 Å². The third-order valence-corrected chi connectivity index (χ3v) is 4.79. The maximum atomic E-state index is 12.3. The summed E-state index contributed by atoms with van der Waals surface area (Å²) in [5, 5.41) is 2.98. The number of nitrogens with zero attached hydrogens (tertiary/aromatic N) is 1. The summed E-state index contributed by atoms with van der Waals surface area (Å²) in [6.07, 6.45) is 0. The Kier molecular flexibility index (Phi) is 7.17. The number of ketones is 1. The molecule has 0 aliphatic carbocycles. The summed E-state index contributed by atoms with van der Waals surface area (Å²) >= 11 is 0. The minimum absolute atomic E-state index is 0.000593. The molecule has 0 radical (unpaired) electrons. The highest BCUT2D eigenvalue weighted by atomic mass is 16.5. The number of carbonyl (C=O) groups is 2. The van der Waals surface area contributed by atoms with Crippen LogP contribution in [0, 0.1) is 0 Å². The number of ether oxygens (including phenoxy) is 2. The summed E-state index contributed by atoms with van der Waals surface area (Å²) < 4.78 is 11.0. The van der Waals surface area contributed by atoms with E-state index in [2.05, 4.69) is 22.3 Å². The highest BCUT2D eigenvalue weighted by Gasteiger charge is 2.23. The number of nitrogens with one attached hydrogen (secondary N) is 1. The second kappa shape index (κ2) is 10.0. The fourth-order valence-electron chi connectivity index (χ4n) is 3.22. The first-order chi connectivity index (χ1) is 13.6. The van der Waals surface area contributed by atoms with Crippen LogP contribution in [0.15, 0.2) is 54.6 Å². The summed E-state index contributed by atoms with van der Waals surface area (Å²) in [5.41, 5.74) is 1.79. The summed E-state index contributed by atoms with van der Waals surface area (Å²) in [6, 6.07) is 17.1. The lowest BCUT2D eigenvalue weighted by Crippen LogP contribution is -2.44. The molecule has 2 aromatic carbocycles. The normalized spacial score (nSPS) is 15.6. The van der Waals surface area contributed by atoms with Crippen LogP contribution in [0.25, 0.3) is 0 Å². The summed E-state index contributed by atoms with van der Waals surface area (Å²) in [7, 11) is 0. The van der Waals surface area contributed by atoms with Gasteiger partial charge in [-0.1, -0.05) is 30.3 Å². The van der Waals surface area contributed by atoms with Crippen molar-refractivity contribution in [2.45, 2.75) is 13.0 Å². The van der Waals surface area contributed by atoms with E-state index in [1.54, 1.807) is 24.3 Å². The Labute approximate surface area is 165 Å². The summed E-state index contributed by atoms with van der Waals surface area (Å²) in [5.74, 6) is 0.386. The smallest absolute Gasteiger partial charge is 0.258 e. The average Bonchev–Trinajstić information content (AvgIpc) is 2.74. The number of hydrogen-bond donors (Lipinski definition) is 1. The van der Waals surface area contributed by atoms with E-state index in [-0.39, 0.29) is 24.3 Å². The Morgan fingerprint density at radius 3 is 2.39 bits per heavy atom. The average molecular weight is 382 g/mol. The number of amides is 1. The largest absolute Gasteiger partial charge is 0.484 e. The van der Waals surface area contributed by atoms with Gasteiger partial charge in [-0.25, -0.2) is 0 Å². The lowest BCUT2D eigenvalue weighted by atomic mass is 10.0. The van der Waals surface area contributed by atoms with E-state index < -0.39 is 0 Å². The molecule has 1 amide bonds. The van der Waals surface area contributed by atoms with Gasteiger partial charge in [-0.3, -0.25) is 14.5 Å². The molecule has 1 fully saturated rings. The van der Waals surface area contributed by atoms with Crippen LogP contribution in [0.5, 0.6) is 5.75 Å². The SMILES string of the molecule is CC(=O)c1ccc(OCC(=O)NCC(c2ccccc2)N2CCOCC2)cc1. The highest BCUT2D eigenvalue weighted by molar-refractivity contribution is 5.94. The second-order valence-corrected chi connectivity index (χ2v) is 6.75. The van der Waals surface area contributed by atoms with Gasteiger partial charge in [-0.05, 0) is 36.8 Å². The van der Waals surface area contributed by atoms with E-state index in [1.807, 2.05) is 18.2 Å². The van der Waals surface area contributed by atoms with Gasteiger partial charge in [0.1, 0.15) is 5.75 Å². The van der Waals surface area contributed by atoms with Crippen LogP contribution in [0.3, 0.4) is 0 Å². The van der Waals surface area contributed by atoms with Crippen molar-refractivity contribution in [2.75, 3.05) is 39.5 Å². The zero-order chi connectivity index (χ0) is 19.8. The highest BCUT2D eigenvalue weighted by Crippen LogP contribution is 2.21. The Morgan fingerprint density at radius 2 is 1.75 bits per heavy atom. The van der Waals surface area contributed by atoms with E-state index in [1.165, 1.54) is 12.5 Å². The molecule has 1 atom stereocenters. The fourth-order valence-corrected chi connectivity index (χ4v) is 3.22. The number of hydrogen-bond acceptors (Lipinski definition) is 5. The van der Waals surface area contributed by atoms with Crippen molar-refractivity contribution in [1.29, 1.82) is 0 Å². The van der Waals surface area contributed by atoms with Crippen molar-refractivity contribution >= 4 is 11.7 Å². The summed E-state index contributed by atoms with van der Waals surface area (Å²) in [4.78, 5) is 25.9. The van der Waals surface area contributed by atoms with Crippen molar-refractivity contribution in [3.8, 4) is 5.75 Å². The zero-order valence-electron chi connectivity index (χ0n) is 16.1. The van der Waals surface area contributed by atoms with Crippen molar-refractivity contribution in [3.63, 3.8) is 0 Å². The van der Waals surface area contributed by atoms with Gasteiger partial charge in [-0.15, -0.1) is 0 Å². The lowest BCUT2D eigenvalue weighted by molar-refractivity contribution is -0.123. The molecule has 1 N–H and O–H groups in total. The van der Waals surface area contributed by atoms with Crippen LogP contribution in [0.1, 0.15) is 28.9 Å². The quantitative estimate of drug-likeness (QED) is 0.711. The van der Waals surface area contributed by atoms with Crippen molar-refractivity contribution < 1.29 is 19.1 Å². The Morgan fingerprint density at radius 1 is 1.07 bits per heavy atom. The second-order valence-electron chi connectivity index (χ2n) is 6.75. The Hall–Kier alpha value is -2.70. The molecule has 1 saturated heterocycles. The van der Waals surface area contributed by atoms with Gasteiger partial charge in [0.2, 0.25) is 0 Å². The van der Waals surface area contributed by atoms with Crippen LogP contribution in [-0.4, -0.2) is 56.0 Å². The van der Waals surface area contributed by atoms with Gasteiger partial charge >= 0.3 is 0 Å². The molecule has 28 heavy (non-hydrogen) atoms. The molecule has 1 aliphatic heterocycles. The lowest BCUT2D eigenvalue weighted by Gasteiger charge is -2.34. The predicted octanol–water partition coefficient (Wildman–Crippen LogP) is 2.46. The molecule has 6 nitrogen and oxygen atoms in total. The van der Waals surface area contributed by atoms with Gasteiger partial charge in [0.05, 0.1) is 19.3 Å². The van der Waals surface area contributed by atoms with Crippen molar-refractivity contribution in [1.82, 2.24) is 10.2 Å². The van der Waals surface area contributed by atoms with Gasteiger partial charge in [0.25, 0.3) is 5.91 Å². The molecule has 0 bridgehead atoms. The molecule has 1 unspecified atom stereocenters. The molecule has 1 heterocycles. The maximum absolute atomic E-state index is 12.3. The fraction of sp³-hybridized carbons (Fsp3) is 0.364.